The van der Waals surface area contributed by atoms with Crippen LogP contribution in [0.3, 0.4) is 0 Å². The Kier molecular flexibility index (Phi) is 5.16. The number of benzene rings is 1. The van der Waals surface area contributed by atoms with Gasteiger partial charge in [0.15, 0.2) is 0 Å². The van der Waals surface area contributed by atoms with Crippen molar-refractivity contribution in [3.8, 4) is 0 Å². The van der Waals surface area contributed by atoms with Gasteiger partial charge in [-0.1, -0.05) is 35.0 Å². The molecule has 0 spiro atoms. The van der Waals surface area contributed by atoms with Crippen LogP contribution in [0.1, 0.15) is 30.6 Å². The van der Waals surface area contributed by atoms with E-state index in [0.717, 1.165) is 29.6 Å². The molecule has 0 amide bonds. The first-order valence-corrected chi connectivity index (χ1v) is 7.45. The fourth-order valence-corrected chi connectivity index (χ4v) is 2.61. The van der Waals surface area contributed by atoms with Gasteiger partial charge in [-0.15, -0.1) is 0 Å². The zero-order valence-electron chi connectivity index (χ0n) is 11.4. The van der Waals surface area contributed by atoms with Crippen molar-refractivity contribution in [2.75, 3.05) is 6.54 Å². The van der Waals surface area contributed by atoms with E-state index in [1.807, 2.05) is 17.9 Å². The van der Waals surface area contributed by atoms with Crippen LogP contribution < -0.4 is 5.32 Å². The topological polar surface area (TPSA) is 29.9 Å². The van der Waals surface area contributed by atoms with Gasteiger partial charge in [0.25, 0.3) is 0 Å². The summed E-state index contributed by atoms with van der Waals surface area (Å²) in [6, 6.07) is 11.0. The van der Waals surface area contributed by atoms with Crippen molar-refractivity contribution >= 4 is 15.9 Å². The highest BCUT2D eigenvalue weighted by molar-refractivity contribution is 9.10. The van der Waals surface area contributed by atoms with Crippen LogP contribution in [0.2, 0.25) is 0 Å². The molecule has 1 N–H and O–H groups in total. The molecule has 4 heteroatoms. The summed E-state index contributed by atoms with van der Waals surface area (Å²) in [5.41, 5.74) is 2.47. The fraction of sp³-hybridized carbons (Fsp3) is 0.400. The number of rotatable bonds is 6. The van der Waals surface area contributed by atoms with Crippen LogP contribution in [-0.4, -0.2) is 16.3 Å². The Bertz CT molecular complexity index is 522. The summed E-state index contributed by atoms with van der Waals surface area (Å²) in [6.45, 7) is 3.15. The molecule has 0 fully saturated rings. The second-order valence-corrected chi connectivity index (χ2v) is 5.62. The number of aromatic nitrogens is 2. The highest BCUT2D eigenvalue weighted by atomic mass is 79.9. The SMILES string of the molecule is CCC(NCCc1ccn(C)n1)c1cccc(Br)c1. The maximum absolute atomic E-state index is 4.39. The van der Waals surface area contributed by atoms with Crippen molar-refractivity contribution in [1.82, 2.24) is 15.1 Å². The summed E-state index contributed by atoms with van der Waals surface area (Å²) in [6.07, 6.45) is 4.03. The lowest BCUT2D eigenvalue weighted by Gasteiger charge is -2.17. The van der Waals surface area contributed by atoms with Gasteiger partial charge in [-0.05, 0) is 30.2 Å². The van der Waals surface area contributed by atoms with Crippen LogP contribution in [0.15, 0.2) is 41.0 Å². The molecule has 0 bridgehead atoms. The van der Waals surface area contributed by atoms with Gasteiger partial charge in [-0.25, -0.2) is 0 Å². The Labute approximate surface area is 123 Å². The molecule has 0 radical (unpaired) electrons. The molecule has 1 aromatic carbocycles. The van der Waals surface area contributed by atoms with Crippen LogP contribution >= 0.6 is 15.9 Å². The van der Waals surface area contributed by atoms with E-state index in [2.05, 4.69) is 63.6 Å². The monoisotopic (exact) mass is 321 g/mol. The van der Waals surface area contributed by atoms with Gasteiger partial charge in [0, 0.05) is 36.7 Å². The molecule has 0 saturated heterocycles. The lowest BCUT2D eigenvalue weighted by atomic mass is 10.0. The van der Waals surface area contributed by atoms with E-state index >= 15 is 0 Å². The Morgan fingerprint density at radius 3 is 2.84 bits per heavy atom. The number of hydrogen-bond donors (Lipinski definition) is 1. The molecule has 102 valence electrons. The predicted octanol–water partition coefficient (Wildman–Crippen LogP) is 3.47. The molecule has 0 aliphatic rings. The first-order chi connectivity index (χ1) is 9.19. The summed E-state index contributed by atoms with van der Waals surface area (Å²) in [4.78, 5) is 0. The van der Waals surface area contributed by atoms with Crippen molar-refractivity contribution in [2.24, 2.45) is 7.05 Å². The van der Waals surface area contributed by atoms with Crippen molar-refractivity contribution in [3.05, 3.63) is 52.3 Å². The third kappa shape index (κ3) is 4.18. The van der Waals surface area contributed by atoms with Crippen LogP contribution in [0.25, 0.3) is 0 Å². The van der Waals surface area contributed by atoms with Gasteiger partial charge in [0.1, 0.15) is 0 Å². The van der Waals surface area contributed by atoms with Crippen molar-refractivity contribution in [1.29, 1.82) is 0 Å². The summed E-state index contributed by atoms with van der Waals surface area (Å²) in [7, 11) is 1.95. The molecule has 1 heterocycles. The highest BCUT2D eigenvalue weighted by Gasteiger charge is 2.08. The third-order valence-corrected chi connectivity index (χ3v) is 3.69. The highest BCUT2D eigenvalue weighted by Crippen LogP contribution is 2.20. The minimum absolute atomic E-state index is 0.404. The number of nitrogens with one attached hydrogen (secondary N) is 1. The zero-order chi connectivity index (χ0) is 13.7. The van der Waals surface area contributed by atoms with E-state index < -0.39 is 0 Å². The Morgan fingerprint density at radius 2 is 2.21 bits per heavy atom. The predicted molar refractivity (Wildman–Crippen MR) is 82.1 cm³/mol. The molecule has 2 rings (SSSR count). The average Bonchev–Trinajstić information content (AvgIpc) is 2.80. The van der Waals surface area contributed by atoms with Crippen LogP contribution in [0.5, 0.6) is 0 Å². The molecule has 1 atom stereocenters. The number of halogens is 1. The van der Waals surface area contributed by atoms with Crippen LogP contribution in [-0.2, 0) is 13.5 Å². The zero-order valence-corrected chi connectivity index (χ0v) is 13.0. The smallest absolute Gasteiger partial charge is 0.0637 e. The van der Waals surface area contributed by atoms with E-state index in [9.17, 15) is 0 Å². The van der Waals surface area contributed by atoms with Crippen LogP contribution in [0, 0.1) is 0 Å². The van der Waals surface area contributed by atoms with Gasteiger partial charge in [0.05, 0.1) is 5.69 Å². The van der Waals surface area contributed by atoms with Crippen molar-refractivity contribution in [2.45, 2.75) is 25.8 Å². The normalized spacial score (nSPS) is 12.6. The standard InChI is InChI=1S/C15H20BrN3/c1-3-15(12-5-4-6-13(16)11-12)17-9-7-14-8-10-19(2)18-14/h4-6,8,10-11,15,17H,3,7,9H2,1-2H3. The quantitative estimate of drug-likeness (QED) is 0.883. The minimum atomic E-state index is 0.404. The largest absolute Gasteiger partial charge is 0.310 e. The number of nitrogens with zero attached hydrogens (tertiary/aromatic N) is 2. The second-order valence-electron chi connectivity index (χ2n) is 4.70. The third-order valence-electron chi connectivity index (χ3n) is 3.20. The molecule has 2 aromatic rings. The van der Waals surface area contributed by atoms with E-state index in [0.29, 0.717) is 6.04 Å². The number of aryl methyl sites for hydroxylation is 1. The minimum Gasteiger partial charge on any atom is -0.310 e. The Hall–Kier alpha value is -1.13. The van der Waals surface area contributed by atoms with Gasteiger partial charge < -0.3 is 5.32 Å². The molecule has 0 aliphatic heterocycles. The van der Waals surface area contributed by atoms with Gasteiger partial charge in [-0.2, -0.15) is 5.10 Å². The maximum atomic E-state index is 4.39. The maximum Gasteiger partial charge on any atom is 0.0637 e. The summed E-state index contributed by atoms with van der Waals surface area (Å²) < 4.78 is 2.98. The molecule has 0 aliphatic carbocycles. The first-order valence-electron chi connectivity index (χ1n) is 6.66. The van der Waals surface area contributed by atoms with E-state index in [1.54, 1.807) is 0 Å². The van der Waals surface area contributed by atoms with Gasteiger partial charge in [-0.3, -0.25) is 4.68 Å². The van der Waals surface area contributed by atoms with Gasteiger partial charge in [0.2, 0.25) is 0 Å². The van der Waals surface area contributed by atoms with E-state index in [-0.39, 0.29) is 0 Å². The second kappa shape index (κ2) is 6.87. The Morgan fingerprint density at radius 1 is 1.37 bits per heavy atom. The molecular formula is C15H20BrN3. The van der Waals surface area contributed by atoms with Crippen molar-refractivity contribution in [3.63, 3.8) is 0 Å². The fourth-order valence-electron chi connectivity index (χ4n) is 2.19. The summed E-state index contributed by atoms with van der Waals surface area (Å²) in [5, 5.41) is 7.99. The summed E-state index contributed by atoms with van der Waals surface area (Å²) >= 11 is 3.53. The molecule has 3 nitrogen and oxygen atoms in total. The number of hydrogen-bond acceptors (Lipinski definition) is 2. The Balaban J connectivity index is 1.89. The van der Waals surface area contributed by atoms with Gasteiger partial charge >= 0.3 is 0 Å². The lowest BCUT2D eigenvalue weighted by molar-refractivity contribution is 0.519. The van der Waals surface area contributed by atoms with E-state index in [4.69, 9.17) is 0 Å². The summed E-state index contributed by atoms with van der Waals surface area (Å²) in [5.74, 6) is 0. The lowest BCUT2D eigenvalue weighted by Crippen LogP contribution is -2.23. The first kappa shape index (κ1) is 14.3. The molecule has 1 aromatic heterocycles. The van der Waals surface area contributed by atoms with Crippen molar-refractivity contribution < 1.29 is 0 Å². The molecule has 1 unspecified atom stereocenters. The molecule has 19 heavy (non-hydrogen) atoms. The van der Waals surface area contributed by atoms with E-state index in [1.165, 1.54) is 5.56 Å². The molecule has 0 saturated carbocycles. The molecular weight excluding hydrogens is 302 g/mol. The van der Waals surface area contributed by atoms with Crippen LogP contribution in [0.4, 0.5) is 0 Å². The average molecular weight is 322 g/mol.